The summed E-state index contributed by atoms with van der Waals surface area (Å²) >= 11 is 0. The average Bonchev–Trinajstić information content (AvgIpc) is 3.04. The van der Waals surface area contributed by atoms with E-state index in [0.717, 1.165) is 25.7 Å². The lowest BCUT2D eigenvalue weighted by molar-refractivity contribution is -0.149. The van der Waals surface area contributed by atoms with E-state index in [4.69, 9.17) is 4.74 Å². The number of hydrogen-bond donors (Lipinski definition) is 2. The molecule has 0 aliphatic heterocycles. The Morgan fingerprint density at radius 3 is 2.41 bits per heavy atom. The van der Waals surface area contributed by atoms with Crippen LogP contribution in [-0.4, -0.2) is 24.4 Å². The first-order chi connectivity index (χ1) is 10.6. The first kappa shape index (κ1) is 16.0. The fraction of sp³-hybridized carbons (Fsp3) is 0.438. The normalized spacial score (nSPS) is 14.4. The number of rotatable bonds is 5. The number of hydrazine groups is 1. The van der Waals surface area contributed by atoms with Gasteiger partial charge in [0.15, 0.2) is 6.61 Å². The van der Waals surface area contributed by atoms with Crippen LogP contribution in [0, 0.1) is 5.92 Å². The van der Waals surface area contributed by atoms with E-state index in [1.807, 2.05) is 0 Å². The number of benzene rings is 1. The minimum Gasteiger partial charge on any atom is -0.455 e. The highest BCUT2D eigenvalue weighted by molar-refractivity contribution is 5.95. The van der Waals surface area contributed by atoms with Gasteiger partial charge in [0.1, 0.15) is 0 Å². The Morgan fingerprint density at radius 1 is 1.05 bits per heavy atom. The van der Waals surface area contributed by atoms with Gasteiger partial charge in [0.2, 0.25) is 0 Å². The quantitative estimate of drug-likeness (QED) is 0.639. The van der Waals surface area contributed by atoms with Crippen molar-refractivity contribution >= 4 is 17.8 Å². The molecule has 1 aromatic rings. The van der Waals surface area contributed by atoms with Crippen molar-refractivity contribution < 1.29 is 19.1 Å². The Kier molecular flexibility index (Phi) is 5.94. The van der Waals surface area contributed by atoms with Crippen molar-refractivity contribution in [3.63, 3.8) is 0 Å². The summed E-state index contributed by atoms with van der Waals surface area (Å²) in [6.45, 7) is -0.388. The Bertz CT molecular complexity index is 524. The van der Waals surface area contributed by atoms with Crippen LogP contribution in [0.25, 0.3) is 0 Å². The molecule has 6 nitrogen and oxygen atoms in total. The SMILES string of the molecule is O=C(COC(=O)CC1CCCC1)NNC(=O)c1ccccc1. The Labute approximate surface area is 129 Å². The Morgan fingerprint density at radius 2 is 1.73 bits per heavy atom. The van der Waals surface area contributed by atoms with Crippen molar-refractivity contribution in [2.45, 2.75) is 32.1 Å². The van der Waals surface area contributed by atoms with E-state index in [0.29, 0.717) is 17.9 Å². The molecule has 0 aromatic heterocycles. The molecule has 1 aliphatic rings. The lowest BCUT2D eigenvalue weighted by atomic mass is 10.1. The molecule has 1 saturated carbocycles. The van der Waals surface area contributed by atoms with Gasteiger partial charge in [0.25, 0.3) is 11.8 Å². The van der Waals surface area contributed by atoms with Gasteiger partial charge >= 0.3 is 5.97 Å². The van der Waals surface area contributed by atoms with Crippen LogP contribution in [-0.2, 0) is 14.3 Å². The first-order valence-corrected chi connectivity index (χ1v) is 7.45. The van der Waals surface area contributed by atoms with E-state index in [2.05, 4.69) is 10.9 Å². The first-order valence-electron chi connectivity index (χ1n) is 7.45. The fourth-order valence-electron chi connectivity index (χ4n) is 2.48. The molecule has 2 rings (SSSR count). The maximum absolute atomic E-state index is 11.7. The minimum absolute atomic E-state index is 0.364. The second kappa shape index (κ2) is 8.17. The summed E-state index contributed by atoms with van der Waals surface area (Å²) in [5.74, 6) is -0.972. The predicted molar refractivity (Wildman–Crippen MR) is 79.6 cm³/mol. The molecule has 6 heteroatoms. The number of carbonyl (C=O) groups is 3. The topological polar surface area (TPSA) is 84.5 Å². The maximum Gasteiger partial charge on any atom is 0.306 e. The summed E-state index contributed by atoms with van der Waals surface area (Å²) < 4.78 is 4.90. The highest BCUT2D eigenvalue weighted by Gasteiger charge is 2.19. The summed E-state index contributed by atoms with van der Waals surface area (Å²) in [7, 11) is 0. The van der Waals surface area contributed by atoms with Crippen LogP contribution in [0.5, 0.6) is 0 Å². The van der Waals surface area contributed by atoms with Crippen LogP contribution in [0.4, 0.5) is 0 Å². The molecule has 1 aliphatic carbocycles. The molecule has 1 aromatic carbocycles. The van der Waals surface area contributed by atoms with Crippen LogP contribution in [0.3, 0.4) is 0 Å². The maximum atomic E-state index is 11.7. The van der Waals surface area contributed by atoms with Crippen LogP contribution < -0.4 is 10.9 Å². The third-order valence-electron chi connectivity index (χ3n) is 3.65. The molecule has 0 heterocycles. The molecule has 0 unspecified atom stereocenters. The number of carbonyl (C=O) groups excluding carboxylic acids is 3. The third kappa shape index (κ3) is 5.20. The van der Waals surface area contributed by atoms with Crippen LogP contribution in [0.2, 0.25) is 0 Å². The van der Waals surface area contributed by atoms with Crippen molar-refractivity contribution in [1.29, 1.82) is 0 Å². The van der Waals surface area contributed by atoms with E-state index in [-0.39, 0.29) is 12.6 Å². The Hall–Kier alpha value is -2.37. The zero-order valence-corrected chi connectivity index (χ0v) is 12.3. The number of hydrogen-bond acceptors (Lipinski definition) is 4. The molecule has 0 saturated heterocycles. The molecule has 2 N–H and O–H groups in total. The van der Waals surface area contributed by atoms with E-state index < -0.39 is 11.8 Å². The van der Waals surface area contributed by atoms with Gasteiger partial charge in [-0.1, -0.05) is 31.0 Å². The summed E-state index contributed by atoms with van der Waals surface area (Å²) in [4.78, 5) is 34.8. The number of amides is 2. The molecule has 0 bridgehead atoms. The highest BCUT2D eigenvalue weighted by atomic mass is 16.5. The zero-order chi connectivity index (χ0) is 15.8. The van der Waals surface area contributed by atoms with Crippen molar-refractivity contribution in [2.75, 3.05) is 6.61 Å². The average molecular weight is 304 g/mol. The molecule has 2 amide bonds. The van der Waals surface area contributed by atoms with Crippen molar-refractivity contribution in [3.8, 4) is 0 Å². The standard InChI is InChI=1S/C16H20N2O4/c19-14(11-22-15(20)10-12-6-4-5-7-12)17-18-16(21)13-8-2-1-3-9-13/h1-3,8-9,12H,4-7,10-11H2,(H,17,19)(H,18,21). The van der Waals surface area contributed by atoms with E-state index in [9.17, 15) is 14.4 Å². The number of ether oxygens (including phenoxy) is 1. The molecular weight excluding hydrogens is 284 g/mol. The van der Waals surface area contributed by atoms with Gasteiger partial charge in [-0.2, -0.15) is 0 Å². The lowest BCUT2D eigenvalue weighted by Gasteiger charge is -2.10. The van der Waals surface area contributed by atoms with Crippen molar-refractivity contribution in [2.24, 2.45) is 5.92 Å². The van der Waals surface area contributed by atoms with Gasteiger partial charge < -0.3 is 4.74 Å². The van der Waals surface area contributed by atoms with Gasteiger partial charge in [-0.05, 0) is 30.9 Å². The molecule has 0 spiro atoms. The molecule has 22 heavy (non-hydrogen) atoms. The molecule has 0 radical (unpaired) electrons. The van der Waals surface area contributed by atoms with Crippen molar-refractivity contribution in [1.82, 2.24) is 10.9 Å². The summed E-state index contributed by atoms with van der Waals surface area (Å²) in [6, 6.07) is 8.49. The van der Waals surface area contributed by atoms with Crippen LogP contribution in [0.1, 0.15) is 42.5 Å². The van der Waals surface area contributed by atoms with E-state index in [1.54, 1.807) is 30.3 Å². The van der Waals surface area contributed by atoms with Gasteiger partial charge in [-0.15, -0.1) is 0 Å². The summed E-state index contributed by atoms with van der Waals surface area (Å²) in [6.07, 6.45) is 4.78. The Balaban J connectivity index is 1.63. The largest absolute Gasteiger partial charge is 0.455 e. The fourth-order valence-corrected chi connectivity index (χ4v) is 2.48. The van der Waals surface area contributed by atoms with E-state index in [1.165, 1.54) is 0 Å². The summed E-state index contributed by atoms with van der Waals surface area (Å²) in [5, 5.41) is 0. The van der Waals surface area contributed by atoms with Crippen LogP contribution >= 0.6 is 0 Å². The number of nitrogens with one attached hydrogen (secondary N) is 2. The zero-order valence-electron chi connectivity index (χ0n) is 12.3. The van der Waals surface area contributed by atoms with Crippen molar-refractivity contribution in [3.05, 3.63) is 35.9 Å². The van der Waals surface area contributed by atoms with Gasteiger partial charge in [-0.3, -0.25) is 25.2 Å². The third-order valence-corrected chi connectivity index (χ3v) is 3.65. The predicted octanol–water partition coefficient (Wildman–Crippen LogP) is 1.57. The van der Waals surface area contributed by atoms with E-state index >= 15 is 0 Å². The monoisotopic (exact) mass is 304 g/mol. The minimum atomic E-state index is -0.566. The summed E-state index contributed by atoms with van der Waals surface area (Å²) in [5.41, 5.74) is 4.91. The smallest absolute Gasteiger partial charge is 0.306 e. The molecule has 1 fully saturated rings. The van der Waals surface area contributed by atoms with Crippen LogP contribution in [0.15, 0.2) is 30.3 Å². The van der Waals surface area contributed by atoms with Gasteiger partial charge in [0, 0.05) is 12.0 Å². The second-order valence-electron chi connectivity index (χ2n) is 5.38. The van der Waals surface area contributed by atoms with Gasteiger partial charge in [-0.25, -0.2) is 0 Å². The number of esters is 1. The molecule has 0 atom stereocenters. The molecule has 118 valence electrons. The molecular formula is C16H20N2O4. The second-order valence-corrected chi connectivity index (χ2v) is 5.38. The highest BCUT2D eigenvalue weighted by Crippen LogP contribution is 2.27. The lowest BCUT2D eigenvalue weighted by Crippen LogP contribution is -2.43. The van der Waals surface area contributed by atoms with Gasteiger partial charge in [0.05, 0.1) is 0 Å².